The van der Waals surface area contributed by atoms with Gasteiger partial charge in [0, 0.05) is 24.4 Å². The molecule has 1 saturated heterocycles. The molecule has 2 amide bonds. The first-order valence-electron chi connectivity index (χ1n) is 3.26. The highest BCUT2D eigenvalue weighted by molar-refractivity contribution is 6.61. The van der Waals surface area contributed by atoms with Gasteiger partial charge < -0.3 is 4.74 Å². The lowest BCUT2D eigenvalue weighted by molar-refractivity contribution is -0.142. The molecular weight excluding hydrogens is 186 g/mol. The minimum Gasteiger partial charge on any atom is -0.432 e. The van der Waals surface area contributed by atoms with Crippen LogP contribution in [0.2, 0.25) is 0 Å². The van der Waals surface area contributed by atoms with E-state index in [9.17, 15) is 14.4 Å². The van der Waals surface area contributed by atoms with Gasteiger partial charge in [-0.05, 0) is 0 Å². The molecule has 1 heterocycles. The molecule has 0 radical (unpaired) electrons. The summed E-state index contributed by atoms with van der Waals surface area (Å²) in [6.07, 6.45) is 0.358. The maximum absolute atomic E-state index is 10.9. The third-order valence-electron chi connectivity index (χ3n) is 1.46. The number of ether oxygens (including phenoxy) is 1. The molecule has 1 aliphatic heterocycles. The molecule has 12 heavy (non-hydrogen) atoms. The molecule has 0 bridgehead atoms. The topological polar surface area (TPSA) is 63.7 Å². The maximum atomic E-state index is 10.9. The largest absolute Gasteiger partial charge is 0.432 e. The van der Waals surface area contributed by atoms with Crippen LogP contribution in [0.1, 0.15) is 12.8 Å². The summed E-state index contributed by atoms with van der Waals surface area (Å²) in [6, 6.07) is 0. The van der Waals surface area contributed by atoms with Crippen LogP contribution in [0.25, 0.3) is 0 Å². The van der Waals surface area contributed by atoms with Gasteiger partial charge in [-0.2, -0.15) is 0 Å². The lowest BCUT2D eigenvalue weighted by atomic mass is 10.4. The van der Waals surface area contributed by atoms with Crippen molar-refractivity contribution in [2.24, 2.45) is 0 Å². The van der Waals surface area contributed by atoms with Crippen molar-refractivity contribution in [3.05, 3.63) is 0 Å². The van der Waals surface area contributed by atoms with E-state index in [0.717, 1.165) is 4.90 Å². The highest BCUT2D eigenvalue weighted by atomic mass is 35.5. The monoisotopic (exact) mass is 191 g/mol. The summed E-state index contributed by atoms with van der Waals surface area (Å²) in [5.41, 5.74) is -1.03. The standard InChI is InChI=1S/C6H6ClNO4/c7-6(11)12-3-8-4(9)1-2-5(8)10/h1-3H2. The molecule has 0 spiro atoms. The van der Waals surface area contributed by atoms with E-state index in [4.69, 9.17) is 11.6 Å². The fourth-order valence-electron chi connectivity index (χ4n) is 0.882. The normalized spacial score (nSPS) is 16.9. The molecule has 1 aliphatic rings. The number of halogens is 1. The average molecular weight is 192 g/mol. The SMILES string of the molecule is O=C(Cl)OCN1C(=O)CCC1=O. The quantitative estimate of drug-likeness (QED) is 0.470. The van der Waals surface area contributed by atoms with Crippen LogP contribution in [0.15, 0.2) is 0 Å². The number of imide groups is 1. The summed E-state index contributed by atoms with van der Waals surface area (Å²) in [4.78, 5) is 32.7. The molecular formula is C6H6ClNO4. The van der Waals surface area contributed by atoms with Gasteiger partial charge in [0.2, 0.25) is 11.8 Å². The Morgan fingerprint density at radius 1 is 1.42 bits per heavy atom. The molecule has 0 aliphatic carbocycles. The van der Waals surface area contributed by atoms with Crippen molar-refractivity contribution in [3.8, 4) is 0 Å². The van der Waals surface area contributed by atoms with E-state index < -0.39 is 5.43 Å². The van der Waals surface area contributed by atoms with Gasteiger partial charge in [-0.1, -0.05) is 0 Å². The first-order chi connectivity index (χ1) is 5.61. The zero-order valence-corrected chi connectivity index (χ0v) is 6.84. The summed E-state index contributed by atoms with van der Waals surface area (Å²) in [5.74, 6) is -0.671. The number of likely N-dealkylation sites (tertiary alicyclic amines) is 1. The van der Waals surface area contributed by atoms with Crippen LogP contribution in [0, 0.1) is 0 Å². The molecule has 1 rings (SSSR count). The summed E-state index contributed by atoms with van der Waals surface area (Å²) < 4.78 is 4.28. The van der Waals surface area contributed by atoms with Gasteiger partial charge in [0.25, 0.3) is 0 Å². The van der Waals surface area contributed by atoms with Crippen LogP contribution in [0.5, 0.6) is 0 Å². The smallest absolute Gasteiger partial charge is 0.405 e. The summed E-state index contributed by atoms with van der Waals surface area (Å²) in [7, 11) is 0. The lowest BCUT2D eigenvalue weighted by Gasteiger charge is -2.11. The second-order valence-electron chi connectivity index (χ2n) is 2.23. The molecule has 5 nitrogen and oxygen atoms in total. The van der Waals surface area contributed by atoms with E-state index in [1.807, 2.05) is 0 Å². The average Bonchev–Trinajstić information content (AvgIpc) is 2.28. The molecule has 1 fully saturated rings. The van der Waals surface area contributed by atoms with Gasteiger partial charge in [-0.15, -0.1) is 0 Å². The Balaban J connectivity index is 2.45. The molecule has 0 aromatic heterocycles. The van der Waals surface area contributed by atoms with Crippen LogP contribution < -0.4 is 0 Å². The van der Waals surface area contributed by atoms with E-state index in [0.29, 0.717) is 0 Å². The molecule has 0 N–H and O–H groups in total. The number of carbonyl (C=O) groups is 3. The van der Waals surface area contributed by atoms with E-state index in [1.165, 1.54) is 0 Å². The van der Waals surface area contributed by atoms with Gasteiger partial charge in [0.1, 0.15) is 0 Å². The second-order valence-corrected chi connectivity index (χ2v) is 2.54. The lowest BCUT2D eigenvalue weighted by Crippen LogP contribution is -2.31. The van der Waals surface area contributed by atoms with E-state index >= 15 is 0 Å². The second kappa shape index (κ2) is 3.53. The molecule has 0 unspecified atom stereocenters. The maximum Gasteiger partial charge on any atom is 0.405 e. The first kappa shape index (κ1) is 8.99. The number of hydrogen-bond donors (Lipinski definition) is 0. The molecule has 0 aromatic carbocycles. The molecule has 6 heteroatoms. The van der Waals surface area contributed by atoms with Gasteiger partial charge >= 0.3 is 5.43 Å². The first-order valence-corrected chi connectivity index (χ1v) is 3.64. The van der Waals surface area contributed by atoms with Crippen molar-refractivity contribution in [2.45, 2.75) is 12.8 Å². The minimum atomic E-state index is -1.03. The highest BCUT2D eigenvalue weighted by Crippen LogP contribution is 2.11. The van der Waals surface area contributed by atoms with Gasteiger partial charge in [-0.25, -0.2) is 9.69 Å². The fraction of sp³-hybridized carbons (Fsp3) is 0.500. The van der Waals surface area contributed by atoms with Crippen LogP contribution in [-0.4, -0.2) is 28.9 Å². The van der Waals surface area contributed by atoms with Crippen LogP contribution in [0.3, 0.4) is 0 Å². The molecule has 0 aromatic rings. The van der Waals surface area contributed by atoms with Crippen molar-refractivity contribution >= 4 is 28.8 Å². The Labute approximate surface area is 73.2 Å². The van der Waals surface area contributed by atoms with E-state index in [1.54, 1.807) is 0 Å². The van der Waals surface area contributed by atoms with Crippen molar-refractivity contribution in [3.63, 3.8) is 0 Å². The number of rotatable bonds is 2. The number of nitrogens with zero attached hydrogens (tertiary/aromatic N) is 1. The molecule has 0 atom stereocenters. The van der Waals surface area contributed by atoms with Crippen molar-refractivity contribution in [1.29, 1.82) is 0 Å². The van der Waals surface area contributed by atoms with Crippen LogP contribution in [0.4, 0.5) is 4.79 Å². The summed E-state index contributed by atoms with van der Waals surface area (Å²) in [6.45, 7) is -0.375. The Kier molecular flexibility index (Phi) is 2.65. The Morgan fingerprint density at radius 2 is 1.92 bits per heavy atom. The van der Waals surface area contributed by atoms with Gasteiger partial charge in [-0.3, -0.25) is 9.59 Å². The Bertz CT molecular complexity index is 224. The number of amides is 2. The minimum absolute atomic E-state index is 0.179. The Morgan fingerprint density at radius 3 is 2.33 bits per heavy atom. The molecule has 0 saturated carbocycles. The highest BCUT2D eigenvalue weighted by Gasteiger charge is 2.29. The van der Waals surface area contributed by atoms with Gasteiger partial charge in [0.15, 0.2) is 6.73 Å². The fourth-order valence-corrected chi connectivity index (χ4v) is 0.931. The van der Waals surface area contributed by atoms with Crippen molar-refractivity contribution in [2.75, 3.05) is 6.73 Å². The summed E-state index contributed by atoms with van der Waals surface area (Å²) >= 11 is 4.84. The third kappa shape index (κ3) is 1.94. The zero-order chi connectivity index (χ0) is 9.14. The number of hydrogen-bond acceptors (Lipinski definition) is 4. The zero-order valence-electron chi connectivity index (χ0n) is 6.08. The Hall–Kier alpha value is -1.10. The third-order valence-corrected chi connectivity index (χ3v) is 1.57. The summed E-state index contributed by atoms with van der Waals surface area (Å²) in [5, 5.41) is 0. The van der Waals surface area contributed by atoms with Crippen molar-refractivity contribution < 1.29 is 19.1 Å². The van der Waals surface area contributed by atoms with Crippen molar-refractivity contribution in [1.82, 2.24) is 4.90 Å². The number of carbonyl (C=O) groups excluding carboxylic acids is 3. The predicted octanol–water partition coefficient (Wildman–Crippen LogP) is 0.468. The van der Waals surface area contributed by atoms with Gasteiger partial charge in [0.05, 0.1) is 0 Å². The van der Waals surface area contributed by atoms with Crippen LogP contribution >= 0.6 is 11.6 Å². The predicted molar refractivity (Wildman–Crippen MR) is 38.3 cm³/mol. The van der Waals surface area contributed by atoms with E-state index in [-0.39, 0.29) is 31.4 Å². The van der Waals surface area contributed by atoms with E-state index in [2.05, 4.69) is 4.74 Å². The van der Waals surface area contributed by atoms with Crippen LogP contribution in [-0.2, 0) is 14.3 Å². The molecule has 66 valence electrons.